The predicted molar refractivity (Wildman–Crippen MR) is 80.9 cm³/mol. The van der Waals surface area contributed by atoms with E-state index in [9.17, 15) is 8.42 Å². The summed E-state index contributed by atoms with van der Waals surface area (Å²) >= 11 is 5.86. The van der Waals surface area contributed by atoms with Gasteiger partial charge in [0, 0.05) is 17.5 Å². The average molecular weight is 339 g/mol. The number of sulfonamides is 1. The molecule has 0 radical (unpaired) electrons. The number of rotatable bonds is 2. The first-order valence-corrected chi connectivity index (χ1v) is 9.08. The van der Waals surface area contributed by atoms with E-state index in [1.165, 1.54) is 0 Å². The number of H-pyrrole nitrogens is 1. The summed E-state index contributed by atoms with van der Waals surface area (Å²) in [6, 6.07) is 6.08. The third kappa shape index (κ3) is 2.07. The Balaban J connectivity index is 1.80. The molecule has 4 rings (SSSR count). The van der Waals surface area contributed by atoms with Crippen molar-refractivity contribution in [3.63, 3.8) is 0 Å². The largest absolute Gasteiger partial charge is 0.262 e. The van der Waals surface area contributed by atoms with Gasteiger partial charge in [-0.2, -0.15) is 4.31 Å². The molecule has 2 aromatic rings. The Hall–Kier alpha value is -1.44. The van der Waals surface area contributed by atoms with E-state index < -0.39 is 10.0 Å². The molecule has 22 heavy (non-hydrogen) atoms. The first-order chi connectivity index (χ1) is 10.6. The van der Waals surface area contributed by atoms with E-state index in [1.807, 2.05) is 0 Å². The van der Waals surface area contributed by atoms with Gasteiger partial charge in [0.15, 0.2) is 0 Å². The van der Waals surface area contributed by atoms with Crippen molar-refractivity contribution in [1.29, 1.82) is 0 Å². The summed E-state index contributed by atoms with van der Waals surface area (Å²) in [5.41, 5.74) is 1.74. The van der Waals surface area contributed by atoms with Crippen LogP contribution in [0.4, 0.5) is 0 Å². The maximum absolute atomic E-state index is 13.1. The third-order valence-corrected chi connectivity index (χ3v) is 6.71. The number of hydrogen-bond donors (Lipinski definition) is 1. The number of piperidine rings is 1. The van der Waals surface area contributed by atoms with Crippen molar-refractivity contribution in [1.82, 2.24) is 19.7 Å². The molecule has 0 saturated carbocycles. The van der Waals surface area contributed by atoms with E-state index in [-0.39, 0.29) is 17.0 Å². The molecule has 116 valence electrons. The van der Waals surface area contributed by atoms with Crippen molar-refractivity contribution in [2.45, 2.75) is 42.7 Å². The minimum absolute atomic E-state index is 0.0332. The normalized spacial score (nSPS) is 25.0. The zero-order chi connectivity index (χ0) is 15.3. The van der Waals surface area contributed by atoms with Crippen LogP contribution in [-0.4, -0.2) is 34.2 Å². The smallest absolute Gasteiger partial charge is 0.243 e. The first-order valence-electron chi connectivity index (χ1n) is 7.26. The van der Waals surface area contributed by atoms with Crippen LogP contribution in [0.2, 0.25) is 5.02 Å². The highest BCUT2D eigenvalue weighted by molar-refractivity contribution is 7.89. The van der Waals surface area contributed by atoms with Crippen LogP contribution in [0.15, 0.2) is 29.2 Å². The van der Waals surface area contributed by atoms with Gasteiger partial charge in [0.05, 0.1) is 16.6 Å². The van der Waals surface area contributed by atoms with Crippen LogP contribution in [0.5, 0.6) is 0 Å². The van der Waals surface area contributed by atoms with E-state index in [2.05, 4.69) is 15.4 Å². The second-order valence-corrected chi connectivity index (χ2v) is 8.05. The molecule has 1 N–H and O–H groups in total. The fraction of sp³-hybridized carbons (Fsp3) is 0.429. The van der Waals surface area contributed by atoms with E-state index in [1.54, 1.807) is 28.6 Å². The van der Waals surface area contributed by atoms with Gasteiger partial charge < -0.3 is 0 Å². The fourth-order valence-electron chi connectivity index (χ4n) is 3.51. The van der Waals surface area contributed by atoms with Gasteiger partial charge in [-0.25, -0.2) is 8.42 Å². The van der Waals surface area contributed by atoms with Gasteiger partial charge in [-0.3, -0.25) is 5.10 Å². The lowest BCUT2D eigenvalue weighted by molar-refractivity contribution is 0.159. The number of benzene rings is 1. The SMILES string of the molecule is O=S(=O)(c1ccc(Cl)cc1)N1C2CCCC1c1nn[nH]c1C2. The van der Waals surface area contributed by atoms with E-state index in [0.717, 1.165) is 30.7 Å². The summed E-state index contributed by atoms with van der Waals surface area (Å²) in [6.45, 7) is 0. The maximum atomic E-state index is 13.1. The van der Waals surface area contributed by atoms with E-state index >= 15 is 0 Å². The summed E-state index contributed by atoms with van der Waals surface area (Å²) in [4.78, 5) is 0.278. The Morgan fingerprint density at radius 2 is 2.00 bits per heavy atom. The number of nitrogens with zero attached hydrogens (tertiary/aromatic N) is 3. The topological polar surface area (TPSA) is 79.0 Å². The lowest BCUT2D eigenvalue weighted by Crippen LogP contribution is -2.49. The summed E-state index contributed by atoms with van der Waals surface area (Å²) in [5, 5.41) is 11.4. The van der Waals surface area contributed by atoms with Crippen molar-refractivity contribution >= 4 is 21.6 Å². The number of aromatic amines is 1. The summed E-state index contributed by atoms with van der Waals surface area (Å²) < 4.78 is 27.8. The van der Waals surface area contributed by atoms with Crippen LogP contribution < -0.4 is 0 Å². The number of halogens is 1. The number of fused-ring (bicyclic) bond motifs is 4. The molecule has 8 heteroatoms. The Labute approximate surface area is 133 Å². The number of aromatic nitrogens is 3. The van der Waals surface area contributed by atoms with Crippen LogP contribution in [0.25, 0.3) is 0 Å². The molecule has 1 aromatic heterocycles. The van der Waals surface area contributed by atoms with Crippen LogP contribution in [0.3, 0.4) is 0 Å². The van der Waals surface area contributed by atoms with Crippen molar-refractivity contribution in [2.75, 3.05) is 0 Å². The van der Waals surface area contributed by atoms with Crippen LogP contribution >= 0.6 is 11.6 Å². The van der Waals surface area contributed by atoms with Gasteiger partial charge in [0.2, 0.25) is 10.0 Å². The summed E-state index contributed by atoms with van der Waals surface area (Å²) in [6.07, 6.45) is 3.30. The van der Waals surface area contributed by atoms with E-state index in [0.29, 0.717) is 11.4 Å². The van der Waals surface area contributed by atoms with Gasteiger partial charge >= 0.3 is 0 Å². The zero-order valence-electron chi connectivity index (χ0n) is 11.7. The Morgan fingerprint density at radius 1 is 1.23 bits per heavy atom. The van der Waals surface area contributed by atoms with Crippen LogP contribution in [0.1, 0.15) is 36.7 Å². The van der Waals surface area contributed by atoms with Gasteiger partial charge in [0.25, 0.3) is 0 Å². The minimum atomic E-state index is -3.57. The minimum Gasteiger partial charge on any atom is -0.262 e. The quantitative estimate of drug-likeness (QED) is 0.911. The summed E-state index contributed by atoms with van der Waals surface area (Å²) in [7, 11) is -3.57. The molecule has 6 nitrogen and oxygen atoms in total. The molecule has 0 aliphatic carbocycles. The maximum Gasteiger partial charge on any atom is 0.243 e. The Kier molecular flexibility index (Phi) is 3.25. The highest BCUT2D eigenvalue weighted by Gasteiger charge is 2.46. The molecule has 2 atom stereocenters. The molecule has 1 aromatic carbocycles. The second kappa shape index (κ2) is 5.04. The molecule has 1 saturated heterocycles. The highest BCUT2D eigenvalue weighted by Crippen LogP contribution is 2.43. The molecule has 0 amide bonds. The van der Waals surface area contributed by atoms with Crippen molar-refractivity contribution in [3.05, 3.63) is 40.7 Å². The van der Waals surface area contributed by atoms with Gasteiger partial charge in [0.1, 0.15) is 5.69 Å². The molecule has 2 aliphatic heterocycles. The van der Waals surface area contributed by atoms with Gasteiger partial charge in [-0.15, -0.1) is 5.10 Å². The van der Waals surface area contributed by atoms with E-state index in [4.69, 9.17) is 11.6 Å². The van der Waals surface area contributed by atoms with Crippen LogP contribution in [-0.2, 0) is 16.4 Å². The third-order valence-electron chi connectivity index (χ3n) is 4.48. The zero-order valence-corrected chi connectivity index (χ0v) is 13.3. The standard InChI is InChI=1S/C14H15ClN4O2S/c15-9-4-6-11(7-5-9)22(20,21)19-10-2-1-3-13(19)14-12(8-10)16-18-17-14/h4-7,10,13H,1-3,8H2,(H,16,17,18). The van der Waals surface area contributed by atoms with Gasteiger partial charge in [-0.05, 0) is 43.5 Å². The van der Waals surface area contributed by atoms with Crippen molar-refractivity contribution < 1.29 is 8.42 Å². The lowest BCUT2D eigenvalue weighted by atomic mass is 9.87. The molecule has 2 unspecified atom stereocenters. The molecular formula is C14H15ClN4O2S. The highest BCUT2D eigenvalue weighted by atomic mass is 35.5. The molecule has 0 spiro atoms. The Morgan fingerprint density at radius 3 is 2.77 bits per heavy atom. The van der Waals surface area contributed by atoms with Crippen LogP contribution in [0, 0.1) is 0 Å². The molecule has 3 heterocycles. The lowest BCUT2D eigenvalue weighted by Gasteiger charge is -2.43. The van der Waals surface area contributed by atoms with Gasteiger partial charge in [-0.1, -0.05) is 16.8 Å². The fourth-order valence-corrected chi connectivity index (χ4v) is 5.47. The van der Waals surface area contributed by atoms with Crippen molar-refractivity contribution in [2.24, 2.45) is 0 Å². The number of nitrogens with one attached hydrogen (secondary N) is 1. The van der Waals surface area contributed by atoms with Crippen molar-refractivity contribution in [3.8, 4) is 0 Å². The predicted octanol–water partition coefficient (Wildman–Crippen LogP) is 2.30. The second-order valence-electron chi connectivity index (χ2n) is 5.77. The number of hydrogen-bond acceptors (Lipinski definition) is 4. The summed E-state index contributed by atoms with van der Waals surface area (Å²) in [5.74, 6) is 0. The molecular weight excluding hydrogens is 324 g/mol. The monoisotopic (exact) mass is 338 g/mol. The molecule has 1 fully saturated rings. The first kappa shape index (κ1) is 14.2. The molecule has 2 bridgehead atoms. The average Bonchev–Trinajstić information content (AvgIpc) is 2.95. The Bertz CT molecular complexity index is 803. The molecule has 2 aliphatic rings.